The average molecular weight is 388 g/mol. The maximum Gasteiger partial charge on any atom is 0.408 e. The summed E-state index contributed by atoms with van der Waals surface area (Å²) in [4.78, 5) is 23.6. The molecule has 2 atom stereocenters. The average Bonchev–Trinajstić information content (AvgIpc) is 2.85. The molecular weight excluding hydrogens is 350 g/mol. The fraction of sp³-hybridized carbons (Fsp3) is 0.895. The highest BCUT2D eigenvalue weighted by molar-refractivity contribution is 6.74. The van der Waals surface area contributed by atoms with Crippen molar-refractivity contribution in [2.75, 3.05) is 6.61 Å². The van der Waals surface area contributed by atoms with Crippen molar-refractivity contribution in [2.45, 2.75) is 103 Å². The molecule has 1 aliphatic rings. The molecule has 0 saturated carbocycles. The van der Waals surface area contributed by atoms with Crippen LogP contribution in [0.1, 0.15) is 67.2 Å². The molecule has 26 heavy (non-hydrogen) atoms. The van der Waals surface area contributed by atoms with Gasteiger partial charge in [-0.25, -0.2) is 4.79 Å². The molecule has 1 heterocycles. The summed E-state index contributed by atoms with van der Waals surface area (Å²) in [6.45, 7) is 17.2. The fourth-order valence-electron chi connectivity index (χ4n) is 2.49. The van der Waals surface area contributed by atoms with Gasteiger partial charge in [-0.3, -0.25) is 4.79 Å². The molecule has 0 aromatic heterocycles. The van der Waals surface area contributed by atoms with E-state index in [4.69, 9.17) is 13.9 Å². The Morgan fingerprint density at radius 1 is 1.27 bits per heavy atom. The number of carbonyl (C=O) groups is 2. The Balaban J connectivity index is 2.58. The van der Waals surface area contributed by atoms with Gasteiger partial charge in [0.05, 0.1) is 6.04 Å². The quantitative estimate of drug-likeness (QED) is 0.398. The summed E-state index contributed by atoms with van der Waals surface area (Å²) in [5.41, 5.74) is -0.563. The smallest absolute Gasteiger partial charge is 0.408 e. The van der Waals surface area contributed by atoms with Gasteiger partial charge in [-0.05, 0) is 58.2 Å². The minimum absolute atomic E-state index is 0.169. The molecule has 0 aromatic carbocycles. The number of esters is 1. The first-order chi connectivity index (χ1) is 11.7. The highest BCUT2D eigenvalue weighted by atomic mass is 28.4. The van der Waals surface area contributed by atoms with Crippen LogP contribution in [0.15, 0.2) is 0 Å². The number of amides is 1. The van der Waals surface area contributed by atoms with E-state index in [-0.39, 0.29) is 23.2 Å². The van der Waals surface area contributed by atoms with Crippen molar-refractivity contribution >= 4 is 20.4 Å². The lowest BCUT2D eigenvalue weighted by atomic mass is 10.0. The summed E-state index contributed by atoms with van der Waals surface area (Å²) in [6.07, 6.45) is 1.74. The number of carbonyl (C=O) groups excluding carboxylic acids is 2. The summed E-state index contributed by atoms with van der Waals surface area (Å²) >= 11 is 0. The van der Waals surface area contributed by atoms with E-state index in [0.717, 1.165) is 6.42 Å². The van der Waals surface area contributed by atoms with Gasteiger partial charge in [-0.2, -0.15) is 0 Å². The van der Waals surface area contributed by atoms with Crippen molar-refractivity contribution in [3.63, 3.8) is 0 Å². The molecule has 1 N–H and O–H groups in total. The minimum atomic E-state index is -1.78. The lowest BCUT2D eigenvalue weighted by Crippen LogP contribution is -2.46. The lowest BCUT2D eigenvalue weighted by Gasteiger charge is -2.36. The van der Waals surface area contributed by atoms with Gasteiger partial charge in [0.2, 0.25) is 0 Å². The van der Waals surface area contributed by atoms with Crippen molar-refractivity contribution in [1.29, 1.82) is 0 Å². The topological polar surface area (TPSA) is 73.9 Å². The highest BCUT2D eigenvalue weighted by Gasteiger charge is 2.37. The Morgan fingerprint density at radius 3 is 2.35 bits per heavy atom. The molecule has 6 nitrogen and oxygen atoms in total. The van der Waals surface area contributed by atoms with Crippen molar-refractivity contribution in [3.05, 3.63) is 0 Å². The van der Waals surface area contributed by atoms with Gasteiger partial charge in [0.25, 0.3) is 0 Å². The Labute approximate surface area is 159 Å². The summed E-state index contributed by atoms with van der Waals surface area (Å²) in [7, 11) is -1.78. The van der Waals surface area contributed by atoms with Crippen LogP contribution in [0, 0.1) is 0 Å². The van der Waals surface area contributed by atoms with Gasteiger partial charge in [0.1, 0.15) is 11.7 Å². The van der Waals surface area contributed by atoms with Crippen molar-refractivity contribution in [2.24, 2.45) is 0 Å². The summed E-state index contributed by atoms with van der Waals surface area (Å²) in [5, 5.41) is 3.05. The normalized spacial score (nSPS) is 19.8. The molecule has 1 saturated heterocycles. The number of ether oxygens (including phenoxy) is 2. The summed E-state index contributed by atoms with van der Waals surface area (Å²) < 4.78 is 16.9. The van der Waals surface area contributed by atoms with Crippen LogP contribution in [0.2, 0.25) is 18.1 Å². The second-order valence-electron chi connectivity index (χ2n) is 9.57. The zero-order chi connectivity index (χ0) is 20.2. The molecule has 0 unspecified atom stereocenters. The van der Waals surface area contributed by atoms with E-state index in [0.29, 0.717) is 25.9 Å². The Morgan fingerprint density at radius 2 is 1.88 bits per heavy atom. The second kappa shape index (κ2) is 8.74. The number of hydrogen-bond acceptors (Lipinski definition) is 5. The summed E-state index contributed by atoms with van der Waals surface area (Å²) in [5.74, 6) is -0.205. The minimum Gasteiger partial charge on any atom is -0.460 e. The fourth-order valence-corrected chi connectivity index (χ4v) is 3.57. The highest BCUT2D eigenvalue weighted by Crippen LogP contribution is 2.36. The van der Waals surface area contributed by atoms with Crippen LogP contribution in [0.5, 0.6) is 0 Å². The molecule has 0 bridgehead atoms. The van der Waals surface area contributed by atoms with Gasteiger partial charge < -0.3 is 19.2 Å². The molecule has 0 radical (unpaired) electrons. The van der Waals surface area contributed by atoms with Crippen LogP contribution in [-0.4, -0.2) is 44.7 Å². The summed E-state index contributed by atoms with van der Waals surface area (Å²) in [6, 6.07) is -0.251. The molecule has 152 valence electrons. The molecule has 0 aliphatic carbocycles. The van der Waals surface area contributed by atoms with Gasteiger partial charge in [-0.15, -0.1) is 0 Å². The second-order valence-corrected chi connectivity index (χ2v) is 14.4. The largest absolute Gasteiger partial charge is 0.460 e. The zero-order valence-electron chi connectivity index (χ0n) is 17.7. The van der Waals surface area contributed by atoms with Gasteiger partial charge in [0.15, 0.2) is 8.32 Å². The van der Waals surface area contributed by atoms with Crippen LogP contribution >= 0.6 is 0 Å². The maximum absolute atomic E-state index is 12.1. The van der Waals surface area contributed by atoms with E-state index in [1.165, 1.54) is 0 Å². The third kappa shape index (κ3) is 7.66. The number of cyclic esters (lactones) is 1. The first kappa shape index (κ1) is 23.0. The number of alkyl carbamates (subject to hydrolysis) is 1. The first-order valence-corrected chi connectivity index (χ1v) is 12.4. The predicted octanol–water partition coefficient (Wildman–Crippen LogP) is 4.39. The third-order valence-electron chi connectivity index (χ3n) is 5.00. The Kier molecular flexibility index (Phi) is 7.71. The number of nitrogens with one attached hydrogen (secondary N) is 1. The molecule has 1 aliphatic heterocycles. The third-order valence-corrected chi connectivity index (χ3v) is 9.53. The van der Waals surface area contributed by atoms with E-state index in [1.807, 2.05) is 20.8 Å². The molecular formula is C19H37NO5Si. The van der Waals surface area contributed by atoms with E-state index in [2.05, 4.69) is 39.2 Å². The zero-order valence-corrected chi connectivity index (χ0v) is 18.7. The monoisotopic (exact) mass is 387 g/mol. The van der Waals surface area contributed by atoms with Crippen molar-refractivity contribution < 1.29 is 23.5 Å². The van der Waals surface area contributed by atoms with E-state index >= 15 is 0 Å². The Bertz CT molecular complexity index is 493. The molecule has 0 spiro atoms. The van der Waals surface area contributed by atoms with Crippen LogP contribution in [0.3, 0.4) is 0 Å². The van der Waals surface area contributed by atoms with Crippen LogP contribution in [-0.2, 0) is 18.7 Å². The number of hydrogen-bond donors (Lipinski definition) is 1. The maximum atomic E-state index is 12.1. The van der Waals surface area contributed by atoms with E-state index in [1.54, 1.807) is 0 Å². The van der Waals surface area contributed by atoms with Crippen molar-refractivity contribution in [3.8, 4) is 0 Å². The van der Waals surface area contributed by atoms with E-state index < -0.39 is 20.0 Å². The van der Waals surface area contributed by atoms with Gasteiger partial charge in [0, 0.05) is 13.0 Å². The Hall–Kier alpha value is -1.08. The van der Waals surface area contributed by atoms with Crippen LogP contribution in [0.4, 0.5) is 4.79 Å². The molecule has 1 fully saturated rings. The predicted molar refractivity (Wildman–Crippen MR) is 105 cm³/mol. The number of rotatable bonds is 7. The van der Waals surface area contributed by atoms with Crippen molar-refractivity contribution in [1.82, 2.24) is 5.32 Å². The SMILES string of the molecule is CC(C)(C)OC(=O)N[C@@H](CCCO[Si](C)(C)C(C)(C)C)[C@H]1CCC(=O)O1. The van der Waals surface area contributed by atoms with E-state index in [9.17, 15) is 9.59 Å². The molecule has 7 heteroatoms. The van der Waals surface area contributed by atoms with Crippen LogP contribution < -0.4 is 5.32 Å². The van der Waals surface area contributed by atoms with Gasteiger partial charge >= 0.3 is 12.1 Å². The van der Waals surface area contributed by atoms with Crippen LogP contribution in [0.25, 0.3) is 0 Å². The molecule has 1 rings (SSSR count). The molecule has 1 amide bonds. The lowest BCUT2D eigenvalue weighted by molar-refractivity contribution is -0.142. The molecule has 0 aromatic rings. The van der Waals surface area contributed by atoms with Gasteiger partial charge in [-0.1, -0.05) is 20.8 Å². The standard InChI is InChI=1S/C19H37NO5Si/c1-18(2,3)25-17(22)20-14(15-11-12-16(21)24-15)10-9-13-23-26(7,8)19(4,5)6/h14-15H,9-13H2,1-8H3,(H,20,22)/t14-,15+/m0/s1. The first-order valence-electron chi connectivity index (χ1n) is 9.54.